The van der Waals surface area contributed by atoms with Gasteiger partial charge in [-0.05, 0) is 104 Å². The summed E-state index contributed by atoms with van der Waals surface area (Å²) in [4.78, 5) is 12.5. The first kappa shape index (κ1) is 31.3. The smallest absolute Gasteiger partial charge is 0.133 e. The molecule has 4 aliphatic rings. The summed E-state index contributed by atoms with van der Waals surface area (Å²) in [7, 11) is 0. The number of allylic oxidation sites excluding steroid dienone is 1. The van der Waals surface area contributed by atoms with Crippen LogP contribution in [0.5, 0.6) is 0 Å². The molecule has 0 spiro atoms. The Morgan fingerprint density at radius 1 is 0.923 bits per heavy atom. The number of unbranched alkanes of at least 4 members (excludes halogenated alkanes) is 6. The van der Waals surface area contributed by atoms with Crippen molar-refractivity contribution in [3.05, 3.63) is 11.6 Å². The molecule has 0 heterocycles. The summed E-state index contributed by atoms with van der Waals surface area (Å²) in [6, 6.07) is 0. The summed E-state index contributed by atoms with van der Waals surface area (Å²) >= 11 is 0. The normalized spacial score (nSPS) is 37.4. The summed E-state index contributed by atoms with van der Waals surface area (Å²) in [6.45, 7) is 12.4. The van der Waals surface area contributed by atoms with Crippen LogP contribution >= 0.6 is 0 Å². The van der Waals surface area contributed by atoms with E-state index in [2.05, 4.69) is 40.7 Å². The number of aliphatic hydroxyl groups excluding tert-OH is 1. The quantitative estimate of drug-likeness (QED) is 0.166. The molecule has 0 saturated heterocycles. The van der Waals surface area contributed by atoms with Crippen molar-refractivity contribution in [3.63, 3.8) is 0 Å². The van der Waals surface area contributed by atoms with E-state index in [1.165, 1.54) is 96.3 Å². The number of carbonyl (C=O) groups excluding carboxylic acids is 1. The van der Waals surface area contributed by atoms with Crippen LogP contribution in [0.3, 0.4) is 0 Å². The van der Waals surface area contributed by atoms with E-state index in [0.29, 0.717) is 22.5 Å². The molecule has 1 unspecified atom stereocenters. The van der Waals surface area contributed by atoms with Gasteiger partial charge in [0.25, 0.3) is 0 Å². The van der Waals surface area contributed by atoms with Gasteiger partial charge in [-0.15, -0.1) is 0 Å². The minimum absolute atomic E-state index is 0.0996. The monoisotopic (exact) mass is 540 g/mol. The van der Waals surface area contributed by atoms with E-state index in [9.17, 15) is 9.90 Å². The average Bonchev–Trinajstić information content (AvgIpc) is 3.26. The first-order chi connectivity index (χ1) is 18.7. The average molecular weight is 541 g/mol. The van der Waals surface area contributed by atoms with Crippen LogP contribution in [0.2, 0.25) is 0 Å². The van der Waals surface area contributed by atoms with Crippen molar-refractivity contribution in [2.24, 2.45) is 46.3 Å². The highest BCUT2D eigenvalue weighted by Gasteiger charge is 2.59. The summed E-state index contributed by atoms with van der Waals surface area (Å²) in [5, 5.41) is 10.3. The predicted molar refractivity (Wildman–Crippen MR) is 166 cm³/mol. The Morgan fingerprint density at radius 3 is 2.44 bits per heavy atom. The van der Waals surface area contributed by atoms with Gasteiger partial charge in [-0.25, -0.2) is 0 Å². The van der Waals surface area contributed by atoms with Gasteiger partial charge in [-0.2, -0.15) is 0 Å². The van der Waals surface area contributed by atoms with Crippen LogP contribution in [-0.4, -0.2) is 17.0 Å². The first-order valence-electron chi connectivity index (χ1n) is 17.6. The van der Waals surface area contributed by atoms with Crippen molar-refractivity contribution < 1.29 is 9.90 Å². The van der Waals surface area contributed by atoms with Crippen LogP contribution in [0, 0.1) is 46.3 Å². The Bertz CT molecular complexity index is 814. The molecule has 0 aromatic carbocycles. The number of Topliss-reactive ketones (excluding diaryl/α,β-unsaturated/α-hetero) is 1. The van der Waals surface area contributed by atoms with Crippen LogP contribution < -0.4 is 0 Å². The Morgan fingerprint density at radius 2 is 1.67 bits per heavy atom. The molecule has 0 aromatic heterocycles. The summed E-state index contributed by atoms with van der Waals surface area (Å²) < 4.78 is 0. The third kappa shape index (κ3) is 7.24. The van der Waals surface area contributed by atoms with E-state index in [4.69, 9.17) is 0 Å². The van der Waals surface area contributed by atoms with E-state index in [0.717, 1.165) is 61.7 Å². The number of hydrogen-bond donors (Lipinski definition) is 1. The number of aliphatic hydroxyl groups is 1. The van der Waals surface area contributed by atoms with E-state index >= 15 is 0 Å². The van der Waals surface area contributed by atoms with Gasteiger partial charge in [-0.1, -0.05) is 104 Å². The molecule has 4 aliphatic carbocycles. The lowest BCUT2D eigenvalue weighted by Gasteiger charge is -2.58. The highest BCUT2D eigenvalue weighted by molar-refractivity contribution is 5.78. The number of carbonyl (C=O) groups is 1. The van der Waals surface area contributed by atoms with Crippen LogP contribution in [-0.2, 0) is 4.79 Å². The Hall–Kier alpha value is -0.630. The third-order valence-corrected chi connectivity index (χ3v) is 12.8. The maximum Gasteiger partial charge on any atom is 0.133 e. The highest BCUT2D eigenvalue weighted by Crippen LogP contribution is 2.67. The fourth-order valence-electron chi connectivity index (χ4n) is 10.5. The zero-order chi connectivity index (χ0) is 28.0. The largest absolute Gasteiger partial charge is 0.393 e. The highest BCUT2D eigenvalue weighted by atomic mass is 16.3. The lowest BCUT2D eigenvalue weighted by molar-refractivity contribution is -0.120. The standard InChI is InChI=1S/C37H64O2/c1-6-7-8-9-10-11-12-16-30(38)25-27(2)14-13-15-28(3)33-19-20-34-32-18-17-29-26-31(39)21-23-36(29,4)35(32)22-24-37(33,34)5/h17,27-28,31-35,39H,6-16,18-26H2,1-5H3/t27?,28-,31+,32+,33-,34+,35+,36+,37-/m1/s1. The minimum atomic E-state index is -0.0996. The first-order valence-corrected chi connectivity index (χ1v) is 17.6. The zero-order valence-corrected chi connectivity index (χ0v) is 26.6. The lowest BCUT2D eigenvalue weighted by Crippen LogP contribution is -2.50. The van der Waals surface area contributed by atoms with E-state index in [1.54, 1.807) is 5.57 Å². The zero-order valence-electron chi connectivity index (χ0n) is 26.6. The number of hydrogen-bond acceptors (Lipinski definition) is 2. The summed E-state index contributed by atoms with van der Waals surface area (Å²) in [6.07, 6.45) is 27.1. The van der Waals surface area contributed by atoms with E-state index < -0.39 is 0 Å². The molecule has 3 saturated carbocycles. The van der Waals surface area contributed by atoms with Crippen LogP contribution in [0.25, 0.3) is 0 Å². The fraction of sp³-hybridized carbons (Fsp3) is 0.919. The Kier molecular flexibility index (Phi) is 11.3. The van der Waals surface area contributed by atoms with Crippen LogP contribution in [0.15, 0.2) is 11.6 Å². The second-order valence-electron chi connectivity index (χ2n) is 15.5. The Labute approximate surface area is 242 Å². The second kappa shape index (κ2) is 14.0. The van der Waals surface area contributed by atoms with E-state index in [-0.39, 0.29) is 6.10 Å². The molecule has 1 N–H and O–H groups in total. The van der Waals surface area contributed by atoms with Crippen LogP contribution in [0.4, 0.5) is 0 Å². The molecule has 9 atom stereocenters. The maximum atomic E-state index is 12.5. The molecule has 0 aliphatic heterocycles. The number of fused-ring (bicyclic) bond motifs is 5. The minimum Gasteiger partial charge on any atom is -0.393 e. The molecule has 4 rings (SSSR count). The van der Waals surface area contributed by atoms with Crippen molar-refractivity contribution in [1.29, 1.82) is 0 Å². The van der Waals surface area contributed by atoms with Gasteiger partial charge in [0.05, 0.1) is 6.10 Å². The van der Waals surface area contributed by atoms with Crippen molar-refractivity contribution in [2.75, 3.05) is 0 Å². The molecule has 2 nitrogen and oxygen atoms in total. The molecule has 2 heteroatoms. The van der Waals surface area contributed by atoms with Gasteiger partial charge >= 0.3 is 0 Å². The van der Waals surface area contributed by atoms with Gasteiger partial charge in [0.2, 0.25) is 0 Å². The maximum absolute atomic E-state index is 12.5. The molecular weight excluding hydrogens is 476 g/mol. The lowest BCUT2D eigenvalue weighted by atomic mass is 9.47. The fourth-order valence-corrected chi connectivity index (χ4v) is 10.5. The topological polar surface area (TPSA) is 37.3 Å². The van der Waals surface area contributed by atoms with Crippen molar-refractivity contribution >= 4 is 5.78 Å². The predicted octanol–water partition coefficient (Wildman–Crippen LogP) is 10.5. The summed E-state index contributed by atoms with van der Waals surface area (Å²) in [5.74, 6) is 5.36. The molecule has 0 amide bonds. The van der Waals surface area contributed by atoms with Crippen molar-refractivity contribution in [1.82, 2.24) is 0 Å². The SMILES string of the molecule is CCCCCCCCCC(=O)CC(C)CCC[C@@H](C)[C@H]1CC[C@H]2[C@@H]3CC=C4C[C@@H](O)CC[C@]4(C)[C@H]3CC[C@]12C. The van der Waals surface area contributed by atoms with Gasteiger partial charge in [0, 0.05) is 12.8 Å². The molecule has 0 aromatic rings. The Balaban J connectivity index is 1.19. The molecular formula is C37H64O2. The molecule has 0 bridgehead atoms. The number of rotatable bonds is 15. The molecule has 39 heavy (non-hydrogen) atoms. The molecule has 224 valence electrons. The van der Waals surface area contributed by atoms with Gasteiger partial charge < -0.3 is 5.11 Å². The summed E-state index contributed by atoms with van der Waals surface area (Å²) in [5.41, 5.74) is 2.48. The third-order valence-electron chi connectivity index (χ3n) is 12.8. The van der Waals surface area contributed by atoms with E-state index in [1.807, 2.05) is 0 Å². The van der Waals surface area contributed by atoms with Crippen molar-refractivity contribution in [3.8, 4) is 0 Å². The molecule has 0 radical (unpaired) electrons. The van der Waals surface area contributed by atoms with Gasteiger partial charge in [-0.3, -0.25) is 4.79 Å². The second-order valence-corrected chi connectivity index (χ2v) is 15.5. The van der Waals surface area contributed by atoms with Gasteiger partial charge in [0.15, 0.2) is 0 Å². The van der Waals surface area contributed by atoms with Gasteiger partial charge in [0.1, 0.15) is 5.78 Å². The molecule has 3 fully saturated rings. The van der Waals surface area contributed by atoms with Crippen LogP contribution in [0.1, 0.15) is 163 Å². The number of ketones is 1. The van der Waals surface area contributed by atoms with Crippen molar-refractivity contribution in [2.45, 2.75) is 169 Å².